The molecule has 3 heterocycles. The minimum Gasteiger partial charge on any atom is -0.481 e. The van der Waals surface area contributed by atoms with Gasteiger partial charge in [-0.3, -0.25) is 9.48 Å². The molecule has 0 fully saturated rings. The number of anilines is 1. The number of aliphatic hydroxyl groups is 1. The van der Waals surface area contributed by atoms with Crippen molar-refractivity contribution < 1.29 is 15.0 Å². The molecule has 2 aromatic heterocycles. The number of aliphatic carboxylic acids is 1. The van der Waals surface area contributed by atoms with E-state index in [-0.39, 0.29) is 12.3 Å². The third-order valence-electron chi connectivity index (χ3n) is 5.44. The Bertz CT molecular complexity index is 1060. The molecular formula is C24H26N4O3. The van der Waals surface area contributed by atoms with Crippen molar-refractivity contribution in [1.29, 1.82) is 0 Å². The van der Waals surface area contributed by atoms with Crippen molar-refractivity contribution >= 4 is 17.9 Å². The molecule has 0 saturated carbocycles. The van der Waals surface area contributed by atoms with Gasteiger partial charge in [0.1, 0.15) is 11.9 Å². The molecule has 1 aliphatic rings. The minimum atomic E-state index is -0.837. The maximum Gasteiger partial charge on any atom is 0.304 e. The van der Waals surface area contributed by atoms with E-state index in [1.165, 1.54) is 5.56 Å². The van der Waals surface area contributed by atoms with Gasteiger partial charge in [0.2, 0.25) is 0 Å². The van der Waals surface area contributed by atoms with Crippen LogP contribution in [0.1, 0.15) is 47.2 Å². The van der Waals surface area contributed by atoms with Crippen molar-refractivity contribution in [2.45, 2.75) is 37.8 Å². The van der Waals surface area contributed by atoms with Crippen LogP contribution in [-0.4, -0.2) is 37.5 Å². The SMILES string of the molecule is O=C(O)CC(Cn1cc(C=CC(O)c2ccc3c(n2)NCCC3)cn1)c1ccccc1. The third kappa shape index (κ3) is 5.38. The van der Waals surface area contributed by atoms with Gasteiger partial charge in [0.05, 0.1) is 18.3 Å². The molecule has 7 heteroatoms. The normalized spacial score (nSPS) is 15.3. The number of fused-ring (bicyclic) bond motifs is 1. The summed E-state index contributed by atoms with van der Waals surface area (Å²) in [7, 11) is 0. The number of pyridine rings is 1. The fraction of sp³-hybridized carbons (Fsp3) is 0.292. The first-order chi connectivity index (χ1) is 15.1. The van der Waals surface area contributed by atoms with Crippen LogP contribution in [0.5, 0.6) is 0 Å². The molecule has 7 nitrogen and oxygen atoms in total. The molecule has 0 radical (unpaired) electrons. The number of carboxylic acids is 1. The molecule has 1 aliphatic heterocycles. The fourth-order valence-corrected chi connectivity index (χ4v) is 3.82. The highest BCUT2D eigenvalue weighted by Crippen LogP contribution is 2.24. The summed E-state index contributed by atoms with van der Waals surface area (Å²) in [6.07, 6.45) is 8.36. The Kier molecular flexibility index (Phi) is 6.43. The first kappa shape index (κ1) is 20.8. The number of nitrogens with one attached hydrogen (secondary N) is 1. The highest BCUT2D eigenvalue weighted by atomic mass is 16.4. The highest BCUT2D eigenvalue weighted by molar-refractivity contribution is 5.68. The molecule has 31 heavy (non-hydrogen) atoms. The smallest absolute Gasteiger partial charge is 0.304 e. The van der Waals surface area contributed by atoms with Crippen LogP contribution in [0.3, 0.4) is 0 Å². The van der Waals surface area contributed by atoms with Gasteiger partial charge in [-0.2, -0.15) is 5.10 Å². The quantitative estimate of drug-likeness (QED) is 0.516. The second-order valence-corrected chi connectivity index (χ2v) is 7.78. The Morgan fingerprint density at radius 1 is 1.23 bits per heavy atom. The molecule has 4 rings (SSSR count). The van der Waals surface area contributed by atoms with E-state index in [0.29, 0.717) is 12.2 Å². The van der Waals surface area contributed by atoms with Crippen LogP contribution < -0.4 is 5.32 Å². The number of hydrogen-bond donors (Lipinski definition) is 3. The Morgan fingerprint density at radius 2 is 2.06 bits per heavy atom. The van der Waals surface area contributed by atoms with Crippen LogP contribution in [0.4, 0.5) is 5.82 Å². The van der Waals surface area contributed by atoms with Crippen molar-refractivity contribution in [3.8, 4) is 0 Å². The number of carboxylic acid groups (broad SMARTS) is 1. The largest absolute Gasteiger partial charge is 0.481 e. The first-order valence-corrected chi connectivity index (χ1v) is 10.5. The average Bonchev–Trinajstić information content (AvgIpc) is 3.24. The van der Waals surface area contributed by atoms with Gasteiger partial charge < -0.3 is 15.5 Å². The summed E-state index contributed by atoms with van der Waals surface area (Å²) in [5.74, 6) is -0.154. The molecule has 0 bridgehead atoms. The Hall–Kier alpha value is -3.45. The summed E-state index contributed by atoms with van der Waals surface area (Å²) in [4.78, 5) is 15.8. The average molecular weight is 418 g/mol. The van der Waals surface area contributed by atoms with Crippen LogP contribution >= 0.6 is 0 Å². The lowest BCUT2D eigenvalue weighted by Crippen LogP contribution is -2.14. The lowest BCUT2D eigenvalue weighted by Gasteiger charge is -2.18. The maximum absolute atomic E-state index is 11.3. The molecule has 3 N–H and O–H groups in total. The van der Waals surface area contributed by atoms with E-state index in [2.05, 4.69) is 15.4 Å². The Morgan fingerprint density at radius 3 is 2.87 bits per heavy atom. The standard InChI is InChI=1S/C24H26N4O3/c29-22(21-10-9-19-7-4-12-25-24(19)27-21)11-8-17-14-26-28(15-17)16-20(13-23(30)31)18-5-2-1-3-6-18/h1-3,5-6,8-11,14-15,20,22,29H,4,7,12-13,16H2,(H,25,27)(H,30,31). The molecule has 2 atom stereocenters. The van der Waals surface area contributed by atoms with E-state index >= 15 is 0 Å². The van der Waals surface area contributed by atoms with E-state index in [9.17, 15) is 15.0 Å². The predicted octanol–water partition coefficient (Wildman–Crippen LogP) is 3.64. The first-order valence-electron chi connectivity index (χ1n) is 10.5. The number of nitrogens with zero attached hydrogens (tertiary/aromatic N) is 3. The minimum absolute atomic E-state index is 0.0335. The zero-order valence-corrected chi connectivity index (χ0v) is 17.2. The molecule has 0 amide bonds. The van der Waals surface area contributed by atoms with Gasteiger partial charge in [0.25, 0.3) is 0 Å². The van der Waals surface area contributed by atoms with E-state index in [1.54, 1.807) is 23.0 Å². The Balaban J connectivity index is 1.43. The summed E-state index contributed by atoms with van der Waals surface area (Å²) in [5.41, 5.74) is 3.58. The number of hydrogen-bond acceptors (Lipinski definition) is 5. The monoisotopic (exact) mass is 418 g/mol. The van der Waals surface area contributed by atoms with Gasteiger partial charge in [-0.25, -0.2) is 4.98 Å². The summed E-state index contributed by atoms with van der Waals surface area (Å²) in [6.45, 7) is 1.37. The number of benzene rings is 1. The van der Waals surface area contributed by atoms with Crippen LogP contribution in [0, 0.1) is 0 Å². The van der Waals surface area contributed by atoms with E-state index < -0.39 is 12.1 Å². The van der Waals surface area contributed by atoms with Crippen LogP contribution in [0.25, 0.3) is 6.08 Å². The zero-order chi connectivity index (χ0) is 21.6. The summed E-state index contributed by atoms with van der Waals surface area (Å²) in [6, 6.07) is 13.5. The highest BCUT2D eigenvalue weighted by Gasteiger charge is 2.17. The Labute approximate surface area is 181 Å². The summed E-state index contributed by atoms with van der Waals surface area (Å²) in [5, 5.41) is 27.4. The van der Waals surface area contributed by atoms with E-state index in [1.807, 2.05) is 48.7 Å². The van der Waals surface area contributed by atoms with Gasteiger partial charge in [-0.05, 0) is 36.1 Å². The van der Waals surface area contributed by atoms with Crippen LogP contribution in [0.15, 0.2) is 60.9 Å². The van der Waals surface area contributed by atoms with Crippen molar-refractivity contribution in [3.63, 3.8) is 0 Å². The number of aryl methyl sites for hydroxylation is 1. The summed E-state index contributed by atoms with van der Waals surface area (Å²) < 4.78 is 1.74. The number of aliphatic hydroxyl groups excluding tert-OH is 1. The van der Waals surface area contributed by atoms with E-state index in [4.69, 9.17) is 0 Å². The second kappa shape index (κ2) is 9.57. The molecule has 2 unspecified atom stereocenters. The number of aromatic nitrogens is 3. The molecule has 3 aromatic rings. The molecule has 0 saturated heterocycles. The molecule has 0 aliphatic carbocycles. The third-order valence-corrected chi connectivity index (χ3v) is 5.44. The van der Waals surface area contributed by atoms with Crippen molar-refractivity contribution in [3.05, 3.63) is 83.3 Å². The van der Waals surface area contributed by atoms with Crippen molar-refractivity contribution in [2.24, 2.45) is 0 Å². The van der Waals surface area contributed by atoms with Crippen LogP contribution in [-0.2, 0) is 17.8 Å². The van der Waals surface area contributed by atoms with E-state index in [0.717, 1.165) is 36.3 Å². The van der Waals surface area contributed by atoms with Crippen LogP contribution in [0.2, 0.25) is 0 Å². The molecular weight excluding hydrogens is 392 g/mol. The van der Waals surface area contributed by atoms with Crippen molar-refractivity contribution in [2.75, 3.05) is 11.9 Å². The topological polar surface area (TPSA) is 100 Å². The number of rotatable bonds is 8. The second-order valence-electron chi connectivity index (χ2n) is 7.78. The van der Waals surface area contributed by atoms with Gasteiger partial charge >= 0.3 is 5.97 Å². The lowest BCUT2D eigenvalue weighted by molar-refractivity contribution is -0.137. The van der Waals surface area contributed by atoms with Crippen molar-refractivity contribution in [1.82, 2.24) is 14.8 Å². The maximum atomic E-state index is 11.3. The molecule has 0 spiro atoms. The van der Waals surface area contributed by atoms with Gasteiger partial charge in [-0.15, -0.1) is 0 Å². The molecule has 1 aromatic carbocycles. The van der Waals surface area contributed by atoms with Gasteiger partial charge in [-0.1, -0.05) is 42.5 Å². The number of carbonyl (C=O) groups is 1. The van der Waals surface area contributed by atoms with Gasteiger partial charge in [0, 0.05) is 30.8 Å². The lowest BCUT2D eigenvalue weighted by atomic mass is 9.96. The van der Waals surface area contributed by atoms with Gasteiger partial charge in [0.15, 0.2) is 0 Å². The predicted molar refractivity (Wildman–Crippen MR) is 119 cm³/mol. The zero-order valence-electron chi connectivity index (χ0n) is 17.2. The fourth-order valence-electron chi connectivity index (χ4n) is 3.82. The molecule has 160 valence electrons. The summed E-state index contributed by atoms with van der Waals surface area (Å²) >= 11 is 0.